The molecule has 0 fully saturated rings. The molecule has 0 saturated heterocycles. The Hall–Kier alpha value is -3.47. The third-order valence-corrected chi connectivity index (χ3v) is 3.62. The molecule has 0 atom stereocenters. The highest BCUT2D eigenvalue weighted by molar-refractivity contribution is 5.96. The van der Waals surface area contributed by atoms with Crippen molar-refractivity contribution < 1.29 is 9.59 Å². The van der Waals surface area contributed by atoms with Crippen LogP contribution in [-0.2, 0) is 4.79 Å². The van der Waals surface area contributed by atoms with Gasteiger partial charge in [0.05, 0.1) is 6.21 Å². The van der Waals surface area contributed by atoms with Gasteiger partial charge in [0, 0.05) is 18.2 Å². The van der Waals surface area contributed by atoms with Gasteiger partial charge in [0.25, 0.3) is 5.91 Å². The third-order valence-electron chi connectivity index (χ3n) is 3.62. The van der Waals surface area contributed by atoms with E-state index < -0.39 is 0 Å². The first-order chi connectivity index (χ1) is 12.1. The van der Waals surface area contributed by atoms with Gasteiger partial charge in [-0.05, 0) is 46.7 Å². The highest BCUT2D eigenvalue weighted by Crippen LogP contribution is 2.14. The van der Waals surface area contributed by atoms with Crippen LogP contribution < -0.4 is 10.7 Å². The Bertz CT molecular complexity index is 947. The lowest BCUT2D eigenvalue weighted by Crippen LogP contribution is -2.17. The molecule has 2 amide bonds. The first-order valence-electron chi connectivity index (χ1n) is 7.82. The predicted molar refractivity (Wildman–Crippen MR) is 99.8 cm³/mol. The highest BCUT2D eigenvalue weighted by atomic mass is 16.2. The molecule has 0 bridgehead atoms. The molecule has 2 N–H and O–H groups in total. The third kappa shape index (κ3) is 4.29. The van der Waals surface area contributed by atoms with Gasteiger partial charge in [-0.15, -0.1) is 0 Å². The van der Waals surface area contributed by atoms with Crippen LogP contribution in [0.25, 0.3) is 10.8 Å². The van der Waals surface area contributed by atoms with Crippen molar-refractivity contribution in [3.63, 3.8) is 0 Å². The van der Waals surface area contributed by atoms with E-state index in [1.807, 2.05) is 42.5 Å². The van der Waals surface area contributed by atoms with E-state index in [1.54, 1.807) is 30.5 Å². The van der Waals surface area contributed by atoms with Crippen LogP contribution in [0.1, 0.15) is 22.8 Å². The number of fused-ring (bicyclic) bond motifs is 1. The molecule has 0 aliphatic heterocycles. The van der Waals surface area contributed by atoms with Crippen LogP contribution in [-0.4, -0.2) is 18.0 Å². The fourth-order valence-corrected chi connectivity index (χ4v) is 2.43. The van der Waals surface area contributed by atoms with Crippen LogP contribution in [0, 0.1) is 0 Å². The van der Waals surface area contributed by atoms with Crippen molar-refractivity contribution in [1.29, 1.82) is 0 Å². The molecular weight excluding hydrogens is 314 g/mol. The first kappa shape index (κ1) is 16.4. The molecule has 0 unspecified atom stereocenters. The number of hydrazone groups is 1. The fourth-order valence-electron chi connectivity index (χ4n) is 2.43. The summed E-state index contributed by atoms with van der Waals surface area (Å²) in [5, 5.41) is 8.92. The Balaban J connectivity index is 1.64. The van der Waals surface area contributed by atoms with Crippen LogP contribution in [0.3, 0.4) is 0 Å². The molecule has 25 heavy (non-hydrogen) atoms. The quantitative estimate of drug-likeness (QED) is 0.567. The van der Waals surface area contributed by atoms with Gasteiger partial charge < -0.3 is 5.32 Å². The van der Waals surface area contributed by atoms with Gasteiger partial charge in [0.1, 0.15) is 0 Å². The van der Waals surface area contributed by atoms with Crippen molar-refractivity contribution in [2.24, 2.45) is 5.10 Å². The van der Waals surface area contributed by atoms with Gasteiger partial charge in [0.15, 0.2) is 0 Å². The van der Waals surface area contributed by atoms with Crippen molar-refractivity contribution in [3.05, 3.63) is 77.9 Å². The number of benzene rings is 3. The zero-order chi connectivity index (χ0) is 17.6. The van der Waals surface area contributed by atoms with Crippen LogP contribution in [0.4, 0.5) is 5.69 Å². The van der Waals surface area contributed by atoms with E-state index in [0.717, 1.165) is 16.3 Å². The lowest BCUT2D eigenvalue weighted by molar-refractivity contribution is -0.114. The maximum Gasteiger partial charge on any atom is 0.271 e. The topological polar surface area (TPSA) is 70.6 Å². The monoisotopic (exact) mass is 331 g/mol. The van der Waals surface area contributed by atoms with Crippen LogP contribution in [0.5, 0.6) is 0 Å². The number of hydrogen-bond donors (Lipinski definition) is 2. The molecular formula is C20H17N3O2. The lowest BCUT2D eigenvalue weighted by Gasteiger charge is -2.03. The Morgan fingerprint density at radius 2 is 1.64 bits per heavy atom. The van der Waals surface area contributed by atoms with E-state index in [9.17, 15) is 9.59 Å². The van der Waals surface area contributed by atoms with E-state index in [2.05, 4.69) is 15.8 Å². The second-order valence-corrected chi connectivity index (χ2v) is 5.56. The summed E-state index contributed by atoms with van der Waals surface area (Å²) in [6.45, 7) is 1.43. The zero-order valence-electron chi connectivity index (χ0n) is 13.7. The Kier molecular flexibility index (Phi) is 4.85. The minimum Gasteiger partial charge on any atom is -0.326 e. The van der Waals surface area contributed by atoms with Crippen molar-refractivity contribution in [3.8, 4) is 0 Å². The number of hydrogen-bond acceptors (Lipinski definition) is 3. The number of nitrogens with one attached hydrogen (secondary N) is 2. The molecule has 0 aliphatic rings. The molecule has 124 valence electrons. The molecule has 0 spiro atoms. The molecule has 5 heteroatoms. The van der Waals surface area contributed by atoms with E-state index >= 15 is 0 Å². The molecule has 0 heterocycles. The summed E-state index contributed by atoms with van der Waals surface area (Å²) in [5.41, 5.74) is 4.51. The molecule has 5 nitrogen and oxygen atoms in total. The van der Waals surface area contributed by atoms with Crippen molar-refractivity contribution in [2.75, 3.05) is 5.32 Å². The molecule has 0 radical (unpaired) electrons. The molecule has 0 aromatic heterocycles. The SMILES string of the molecule is CC(=O)Nc1ccc(C(=O)N/N=C\c2ccc3ccccc3c2)cc1. The fraction of sp³-hybridized carbons (Fsp3) is 0.0500. The van der Waals surface area contributed by atoms with Gasteiger partial charge in [-0.3, -0.25) is 9.59 Å². The van der Waals surface area contributed by atoms with E-state index in [1.165, 1.54) is 6.92 Å². The van der Waals surface area contributed by atoms with Gasteiger partial charge in [-0.1, -0.05) is 36.4 Å². The van der Waals surface area contributed by atoms with Crippen LogP contribution >= 0.6 is 0 Å². The standard InChI is InChI=1S/C20H17N3O2/c1-14(24)22-19-10-8-17(9-11-19)20(25)23-21-13-15-6-7-16-4-2-3-5-18(16)12-15/h2-13H,1H3,(H,22,24)(H,23,25)/b21-13-. The summed E-state index contributed by atoms with van der Waals surface area (Å²) >= 11 is 0. The Morgan fingerprint density at radius 1 is 0.920 bits per heavy atom. The van der Waals surface area contributed by atoms with Gasteiger partial charge in [0.2, 0.25) is 5.91 Å². The van der Waals surface area contributed by atoms with E-state index in [0.29, 0.717) is 11.3 Å². The van der Waals surface area contributed by atoms with Crippen LogP contribution in [0.15, 0.2) is 71.8 Å². The van der Waals surface area contributed by atoms with Crippen molar-refractivity contribution in [2.45, 2.75) is 6.92 Å². The summed E-state index contributed by atoms with van der Waals surface area (Å²) in [6, 6.07) is 20.6. The molecule has 0 saturated carbocycles. The minimum absolute atomic E-state index is 0.155. The largest absolute Gasteiger partial charge is 0.326 e. The predicted octanol–water partition coefficient (Wildman–Crippen LogP) is 3.56. The summed E-state index contributed by atoms with van der Waals surface area (Å²) < 4.78 is 0. The maximum atomic E-state index is 12.1. The van der Waals surface area contributed by atoms with Crippen molar-refractivity contribution in [1.82, 2.24) is 5.43 Å². The smallest absolute Gasteiger partial charge is 0.271 e. The summed E-state index contributed by atoms with van der Waals surface area (Å²) in [7, 11) is 0. The average Bonchev–Trinajstić information content (AvgIpc) is 2.61. The van der Waals surface area contributed by atoms with E-state index in [4.69, 9.17) is 0 Å². The lowest BCUT2D eigenvalue weighted by atomic mass is 10.1. The maximum absolute atomic E-state index is 12.1. The van der Waals surface area contributed by atoms with Gasteiger partial charge in [-0.2, -0.15) is 5.10 Å². The highest BCUT2D eigenvalue weighted by Gasteiger charge is 2.04. The molecule has 3 aromatic rings. The normalized spacial score (nSPS) is 10.8. The van der Waals surface area contributed by atoms with Gasteiger partial charge in [-0.25, -0.2) is 5.43 Å². The second kappa shape index (κ2) is 7.40. The summed E-state index contributed by atoms with van der Waals surface area (Å²) in [4.78, 5) is 23.0. The molecule has 0 aliphatic carbocycles. The summed E-state index contributed by atoms with van der Waals surface area (Å²) in [6.07, 6.45) is 1.61. The number of rotatable bonds is 4. The average molecular weight is 331 g/mol. The van der Waals surface area contributed by atoms with Crippen LogP contribution in [0.2, 0.25) is 0 Å². The second-order valence-electron chi connectivity index (χ2n) is 5.56. The zero-order valence-corrected chi connectivity index (χ0v) is 13.7. The molecule has 3 rings (SSSR count). The number of carbonyl (C=O) groups is 2. The minimum atomic E-state index is -0.314. The number of amides is 2. The molecule has 3 aromatic carbocycles. The Labute approximate surface area is 145 Å². The van der Waals surface area contributed by atoms with Crippen molar-refractivity contribution >= 4 is 34.5 Å². The Morgan fingerprint density at radius 3 is 2.36 bits per heavy atom. The summed E-state index contributed by atoms with van der Waals surface area (Å²) in [5.74, 6) is -0.469. The van der Waals surface area contributed by atoms with E-state index in [-0.39, 0.29) is 11.8 Å². The first-order valence-corrected chi connectivity index (χ1v) is 7.82. The van der Waals surface area contributed by atoms with Gasteiger partial charge >= 0.3 is 0 Å². The number of carbonyl (C=O) groups excluding carboxylic acids is 2. The number of nitrogens with zero attached hydrogens (tertiary/aromatic N) is 1. The number of anilines is 1.